The number of likely N-dealkylation sites (N-methyl/N-ethyl adjacent to an activating group) is 1. The molecule has 1 saturated heterocycles. The highest BCUT2D eigenvalue weighted by Crippen LogP contribution is 2.32. The molecule has 0 spiro atoms. The molecule has 1 fully saturated rings. The van der Waals surface area contributed by atoms with Crippen LogP contribution in [-0.4, -0.2) is 81.1 Å². The Kier molecular flexibility index (Phi) is 5.56. The molecular weight excluding hydrogens is 388 g/mol. The number of pyridine rings is 1. The van der Waals surface area contributed by atoms with Crippen LogP contribution in [0.15, 0.2) is 41.7 Å². The molecule has 0 radical (unpaired) electrons. The molecule has 9 nitrogen and oxygen atoms in total. The van der Waals surface area contributed by atoms with Gasteiger partial charge in [-0.3, -0.25) is 4.79 Å². The fourth-order valence-corrected chi connectivity index (χ4v) is 4.02. The molecule has 0 aromatic carbocycles. The first-order valence-corrected chi connectivity index (χ1v) is 9.89. The van der Waals surface area contributed by atoms with Crippen molar-refractivity contribution in [2.75, 3.05) is 33.3 Å². The lowest BCUT2D eigenvalue weighted by molar-refractivity contribution is -0.134. The van der Waals surface area contributed by atoms with Gasteiger partial charge in [-0.25, -0.2) is 9.78 Å². The Morgan fingerprint density at radius 3 is 2.90 bits per heavy atom. The average Bonchev–Trinajstić information content (AvgIpc) is 3.30. The van der Waals surface area contributed by atoms with Gasteiger partial charge in [0.05, 0.1) is 6.61 Å². The van der Waals surface area contributed by atoms with Gasteiger partial charge in [0.25, 0.3) is 0 Å². The third kappa shape index (κ3) is 3.69. The average molecular weight is 412 g/mol. The zero-order valence-electron chi connectivity index (χ0n) is 16.7. The van der Waals surface area contributed by atoms with Gasteiger partial charge in [0.1, 0.15) is 5.65 Å². The number of hydrogen-bond donors (Lipinski definition) is 3. The third-order valence-corrected chi connectivity index (χ3v) is 5.68. The number of aliphatic hydroxyl groups is 1. The summed E-state index contributed by atoms with van der Waals surface area (Å²) in [5.41, 5.74) is 1.05. The van der Waals surface area contributed by atoms with E-state index in [0.29, 0.717) is 36.9 Å². The highest BCUT2D eigenvalue weighted by molar-refractivity contribution is 6.26. The zero-order valence-corrected chi connectivity index (χ0v) is 16.7. The highest BCUT2D eigenvalue weighted by Gasteiger charge is 2.39. The van der Waals surface area contributed by atoms with Crippen molar-refractivity contribution in [2.24, 2.45) is 0 Å². The van der Waals surface area contributed by atoms with Gasteiger partial charge in [-0.05, 0) is 38.1 Å². The van der Waals surface area contributed by atoms with Crippen LogP contribution >= 0.6 is 0 Å². The molecule has 30 heavy (non-hydrogen) atoms. The van der Waals surface area contributed by atoms with E-state index in [1.165, 1.54) is 0 Å². The minimum absolute atomic E-state index is 0.00771. The zero-order chi connectivity index (χ0) is 21.3. The molecule has 9 heteroatoms. The number of H-pyrrole nitrogens is 1. The van der Waals surface area contributed by atoms with E-state index in [1.54, 1.807) is 24.5 Å². The van der Waals surface area contributed by atoms with Gasteiger partial charge in [-0.1, -0.05) is 0 Å². The Labute approximate surface area is 173 Å². The second-order valence-corrected chi connectivity index (χ2v) is 7.49. The van der Waals surface area contributed by atoms with Crippen LogP contribution in [0.5, 0.6) is 0 Å². The molecule has 0 bridgehead atoms. The van der Waals surface area contributed by atoms with Gasteiger partial charge < -0.3 is 29.7 Å². The molecule has 2 aromatic heterocycles. The van der Waals surface area contributed by atoms with Crippen LogP contribution in [-0.2, 0) is 14.3 Å². The van der Waals surface area contributed by atoms with Gasteiger partial charge in [0, 0.05) is 49.0 Å². The van der Waals surface area contributed by atoms with Crippen molar-refractivity contribution in [3.05, 3.63) is 47.3 Å². The summed E-state index contributed by atoms with van der Waals surface area (Å²) in [6.45, 7) is 1.84. The molecule has 0 saturated carbocycles. The Balaban J connectivity index is 1.56. The minimum Gasteiger partial charge on any atom is -0.477 e. The van der Waals surface area contributed by atoms with Crippen molar-refractivity contribution < 1.29 is 24.5 Å². The Bertz CT molecular complexity index is 1030. The lowest BCUT2D eigenvalue weighted by Crippen LogP contribution is -2.44. The number of aromatic nitrogens is 2. The van der Waals surface area contributed by atoms with Crippen molar-refractivity contribution in [3.8, 4) is 0 Å². The van der Waals surface area contributed by atoms with Crippen LogP contribution in [0, 0.1) is 0 Å². The van der Waals surface area contributed by atoms with Crippen LogP contribution in [0.2, 0.25) is 0 Å². The van der Waals surface area contributed by atoms with Crippen molar-refractivity contribution >= 4 is 28.9 Å². The number of aromatic amines is 1. The predicted octanol–water partition coefficient (Wildman–Crippen LogP) is 1.19. The maximum Gasteiger partial charge on any atom is 0.345 e. The number of carbonyl (C=O) groups is 2. The van der Waals surface area contributed by atoms with Gasteiger partial charge >= 0.3 is 5.97 Å². The summed E-state index contributed by atoms with van der Waals surface area (Å²) in [5.74, 6) is -1.82. The largest absolute Gasteiger partial charge is 0.477 e. The van der Waals surface area contributed by atoms with Crippen LogP contribution in [0.25, 0.3) is 17.1 Å². The molecule has 0 atom stereocenters. The number of ketones is 1. The summed E-state index contributed by atoms with van der Waals surface area (Å²) in [7, 11) is 1.96. The number of piperidine rings is 1. The normalized spacial score (nSPS) is 19.4. The topological polar surface area (TPSA) is 119 Å². The standard InChI is InChI=1S/C21H24N4O5/c1-24(9-10-26)14-4-7-25(8-5-14)20-17(21(28)29)18(27)16(30-20)11-13-12-23-19-15(13)3-2-6-22-19/h2-3,6,11-12,14,26H,4-5,7-10H2,1H3,(H,22,23)(H,28,29). The number of carbonyl (C=O) groups excluding carboxylic acids is 1. The van der Waals surface area contributed by atoms with E-state index in [1.807, 2.05) is 18.0 Å². The number of nitrogens with zero attached hydrogens (tertiary/aromatic N) is 3. The van der Waals surface area contributed by atoms with Gasteiger partial charge in [-0.2, -0.15) is 0 Å². The highest BCUT2D eigenvalue weighted by atomic mass is 16.5. The fraction of sp³-hybridized carbons (Fsp3) is 0.381. The number of carboxylic acid groups (broad SMARTS) is 1. The molecule has 0 aliphatic carbocycles. The fourth-order valence-electron chi connectivity index (χ4n) is 4.02. The summed E-state index contributed by atoms with van der Waals surface area (Å²) in [6.07, 6.45) is 6.51. The Hall–Kier alpha value is -3.17. The monoisotopic (exact) mass is 412 g/mol. The molecule has 158 valence electrons. The third-order valence-electron chi connectivity index (χ3n) is 5.68. The van der Waals surface area contributed by atoms with Crippen molar-refractivity contribution in [3.63, 3.8) is 0 Å². The van der Waals surface area contributed by atoms with E-state index in [2.05, 4.69) is 14.9 Å². The van der Waals surface area contributed by atoms with Crippen LogP contribution in [0.1, 0.15) is 18.4 Å². The summed E-state index contributed by atoms with van der Waals surface area (Å²) >= 11 is 0. The molecule has 4 rings (SSSR count). The molecule has 2 aliphatic rings. The number of carboxylic acids is 1. The SMILES string of the molecule is CN(CCO)C1CCN(C2=C(C(=O)O)C(=O)C(=Cc3c[nH]c4ncccc34)O2)CC1. The maximum absolute atomic E-state index is 12.8. The van der Waals surface area contributed by atoms with E-state index in [-0.39, 0.29) is 23.8 Å². The second-order valence-electron chi connectivity index (χ2n) is 7.49. The number of likely N-dealkylation sites (tertiary alicyclic amines) is 1. The molecule has 3 N–H and O–H groups in total. The number of aliphatic carboxylic acids is 1. The van der Waals surface area contributed by atoms with Crippen LogP contribution in [0.3, 0.4) is 0 Å². The summed E-state index contributed by atoms with van der Waals surface area (Å²) in [4.78, 5) is 35.8. The van der Waals surface area contributed by atoms with Crippen molar-refractivity contribution in [2.45, 2.75) is 18.9 Å². The minimum atomic E-state index is -1.29. The second kappa shape index (κ2) is 8.29. The smallest absolute Gasteiger partial charge is 0.345 e. The van der Waals surface area contributed by atoms with E-state index in [4.69, 9.17) is 9.84 Å². The number of aliphatic hydroxyl groups excluding tert-OH is 1. The van der Waals surface area contributed by atoms with Crippen LogP contribution < -0.4 is 0 Å². The number of nitrogens with one attached hydrogen (secondary N) is 1. The molecule has 2 aliphatic heterocycles. The Morgan fingerprint density at radius 1 is 1.43 bits per heavy atom. The van der Waals surface area contributed by atoms with Gasteiger partial charge in [-0.15, -0.1) is 0 Å². The lowest BCUT2D eigenvalue weighted by atomic mass is 10.0. The summed E-state index contributed by atoms with van der Waals surface area (Å²) in [6, 6.07) is 3.96. The molecule has 2 aromatic rings. The molecular formula is C21H24N4O5. The number of hydrogen-bond acceptors (Lipinski definition) is 7. The first-order chi connectivity index (χ1) is 14.5. The van der Waals surface area contributed by atoms with Gasteiger partial charge in [0.2, 0.25) is 11.7 Å². The van der Waals surface area contributed by atoms with E-state index in [9.17, 15) is 14.7 Å². The van der Waals surface area contributed by atoms with Gasteiger partial charge in [0.15, 0.2) is 11.3 Å². The number of Topliss-reactive ketones (excluding diaryl/α,β-unsaturated/α-hetero) is 1. The quantitative estimate of drug-likeness (QED) is 0.478. The molecule has 4 heterocycles. The van der Waals surface area contributed by atoms with Crippen molar-refractivity contribution in [1.29, 1.82) is 0 Å². The van der Waals surface area contributed by atoms with Crippen molar-refractivity contribution in [1.82, 2.24) is 19.8 Å². The number of rotatable bonds is 6. The maximum atomic E-state index is 12.8. The van der Waals surface area contributed by atoms with E-state index >= 15 is 0 Å². The number of fused-ring (bicyclic) bond motifs is 1. The first kappa shape index (κ1) is 20.1. The predicted molar refractivity (Wildman–Crippen MR) is 109 cm³/mol. The first-order valence-electron chi connectivity index (χ1n) is 9.89. The summed E-state index contributed by atoms with van der Waals surface area (Å²) < 4.78 is 5.80. The number of ether oxygens (including phenoxy) is 1. The molecule has 0 unspecified atom stereocenters. The van der Waals surface area contributed by atoms with E-state index < -0.39 is 11.8 Å². The number of allylic oxidation sites excluding steroid dienone is 1. The molecule has 0 amide bonds. The lowest BCUT2D eigenvalue weighted by Gasteiger charge is -2.37. The Morgan fingerprint density at radius 2 is 2.20 bits per heavy atom. The van der Waals surface area contributed by atoms with Crippen LogP contribution in [0.4, 0.5) is 0 Å². The summed E-state index contributed by atoms with van der Waals surface area (Å²) in [5, 5.41) is 19.6. The van der Waals surface area contributed by atoms with E-state index in [0.717, 1.165) is 18.2 Å².